The second-order valence-electron chi connectivity index (χ2n) is 14.9. The minimum Gasteiger partial charge on any atom is -0.296 e. The van der Waals surface area contributed by atoms with Gasteiger partial charge in [-0.1, -0.05) is 152 Å². The van der Waals surface area contributed by atoms with Crippen LogP contribution >= 0.6 is 11.3 Å². The number of rotatable bonds is 4. The van der Waals surface area contributed by atoms with Gasteiger partial charge >= 0.3 is 0 Å². The fourth-order valence-corrected chi connectivity index (χ4v) is 10.6. The minimum atomic E-state index is 0.985. The van der Waals surface area contributed by atoms with Crippen molar-refractivity contribution in [3.63, 3.8) is 0 Å². The molecule has 0 amide bonds. The maximum atomic E-state index is 5.19. The van der Waals surface area contributed by atoms with E-state index in [9.17, 15) is 0 Å². The highest BCUT2D eigenvalue weighted by molar-refractivity contribution is 7.27. The van der Waals surface area contributed by atoms with Crippen LogP contribution in [-0.2, 0) is 6.42 Å². The van der Waals surface area contributed by atoms with Crippen LogP contribution in [0.1, 0.15) is 17.8 Å². The summed E-state index contributed by atoms with van der Waals surface area (Å²) in [5.41, 5.74) is 9.61. The zero-order chi connectivity index (χ0) is 36.7. The summed E-state index contributed by atoms with van der Waals surface area (Å²) >= 11 is 1.91. The molecule has 0 N–H and O–H groups in total. The lowest BCUT2D eigenvalue weighted by molar-refractivity contribution is 0.878. The largest absolute Gasteiger partial charge is 0.296 e. The van der Waals surface area contributed by atoms with E-state index in [1.807, 2.05) is 11.3 Å². The molecule has 1 aliphatic carbocycles. The number of fused-ring (bicyclic) bond motifs is 11. The van der Waals surface area contributed by atoms with Gasteiger partial charge in [-0.05, 0) is 103 Å². The van der Waals surface area contributed by atoms with Crippen LogP contribution in [0.3, 0.4) is 0 Å². The predicted octanol–water partition coefficient (Wildman–Crippen LogP) is 14.8. The summed E-state index contributed by atoms with van der Waals surface area (Å²) in [6.45, 7) is 0. The van der Waals surface area contributed by atoms with Gasteiger partial charge in [0, 0.05) is 36.8 Å². The van der Waals surface area contributed by atoms with Crippen molar-refractivity contribution in [3.05, 3.63) is 187 Å². The van der Waals surface area contributed by atoms with E-state index in [2.05, 4.69) is 187 Å². The van der Waals surface area contributed by atoms with Crippen molar-refractivity contribution in [1.29, 1.82) is 0 Å². The second kappa shape index (κ2) is 12.4. The van der Waals surface area contributed by atoms with Crippen LogP contribution in [0.15, 0.2) is 176 Å². The molecule has 0 saturated heterocycles. The summed E-state index contributed by atoms with van der Waals surface area (Å²) in [6.07, 6.45) is 6.44. The predicted molar refractivity (Wildman–Crippen MR) is 240 cm³/mol. The van der Waals surface area contributed by atoms with Gasteiger partial charge in [0.15, 0.2) is 0 Å². The highest BCUT2D eigenvalue weighted by Gasteiger charge is 2.22. The first kappa shape index (κ1) is 31.5. The summed E-state index contributed by atoms with van der Waals surface area (Å²) in [6, 6.07) is 62.7. The molecule has 2 nitrogen and oxygen atoms in total. The number of aromatic nitrogens is 2. The molecule has 2 aromatic heterocycles. The zero-order valence-electron chi connectivity index (χ0n) is 30.5. The van der Waals surface area contributed by atoms with Crippen molar-refractivity contribution in [1.82, 2.24) is 9.55 Å². The molecule has 262 valence electrons. The summed E-state index contributed by atoms with van der Waals surface area (Å²) < 4.78 is 5.04. The molecule has 0 bridgehead atoms. The molecule has 0 saturated carbocycles. The van der Waals surface area contributed by atoms with Gasteiger partial charge in [0.25, 0.3) is 0 Å². The normalized spacial score (nSPS) is 12.8. The monoisotopic (exact) mass is 730 g/mol. The van der Waals surface area contributed by atoms with Crippen LogP contribution in [0.25, 0.3) is 109 Å². The van der Waals surface area contributed by atoms with Gasteiger partial charge in [-0.15, -0.1) is 11.3 Å². The zero-order valence-corrected chi connectivity index (χ0v) is 31.4. The molecule has 12 rings (SSSR count). The summed E-state index contributed by atoms with van der Waals surface area (Å²) in [5.74, 6) is 0.987. The maximum Gasteiger partial charge on any atom is 0.145 e. The van der Waals surface area contributed by atoms with E-state index in [1.165, 1.54) is 91.2 Å². The van der Waals surface area contributed by atoms with Gasteiger partial charge in [0.1, 0.15) is 5.82 Å². The third-order valence-corrected chi connectivity index (χ3v) is 13.0. The third kappa shape index (κ3) is 4.65. The molecule has 0 radical (unpaired) electrons. The van der Waals surface area contributed by atoms with E-state index < -0.39 is 0 Å². The Morgan fingerprint density at radius 1 is 0.464 bits per heavy atom. The Kier molecular flexibility index (Phi) is 6.96. The SMILES string of the molecule is C1=Cc2nc(-c3ccc(-c4c5ccccc5c(-c5ccc6sc7c8ccccc8c8ccccc8c7c6c5)c5ccccc45)cc3)n(-c3ccccc3)c2CC1. The molecule has 0 spiro atoms. The molecule has 3 heteroatoms. The summed E-state index contributed by atoms with van der Waals surface area (Å²) in [5, 5.41) is 13.0. The lowest BCUT2D eigenvalue weighted by Crippen LogP contribution is -2.04. The number of hydrogen-bond donors (Lipinski definition) is 0. The van der Waals surface area contributed by atoms with E-state index in [0.717, 1.165) is 35.6 Å². The molecule has 56 heavy (non-hydrogen) atoms. The van der Waals surface area contributed by atoms with Crippen LogP contribution in [-0.4, -0.2) is 9.55 Å². The van der Waals surface area contributed by atoms with Crippen molar-refractivity contribution >= 4 is 80.7 Å². The van der Waals surface area contributed by atoms with Gasteiger partial charge in [-0.2, -0.15) is 0 Å². The second-order valence-corrected chi connectivity index (χ2v) is 16.0. The number of nitrogens with zero attached hydrogens (tertiary/aromatic N) is 2. The number of allylic oxidation sites excluding steroid dienone is 1. The Hall–Kier alpha value is -6.81. The molecule has 9 aromatic carbocycles. The fourth-order valence-electron chi connectivity index (χ4n) is 9.41. The average Bonchev–Trinajstić information content (AvgIpc) is 3.85. The number of benzene rings is 9. The molecule has 0 atom stereocenters. The van der Waals surface area contributed by atoms with Crippen LogP contribution in [0, 0.1) is 0 Å². The van der Waals surface area contributed by atoms with Crippen molar-refractivity contribution in [2.45, 2.75) is 12.8 Å². The molecule has 0 fully saturated rings. The molecule has 2 heterocycles. The molecular weight excluding hydrogens is 697 g/mol. The van der Waals surface area contributed by atoms with Crippen LogP contribution in [0.2, 0.25) is 0 Å². The van der Waals surface area contributed by atoms with Gasteiger partial charge in [-0.25, -0.2) is 4.98 Å². The number of imidazole rings is 1. The maximum absolute atomic E-state index is 5.19. The lowest BCUT2D eigenvalue weighted by Gasteiger charge is -2.18. The van der Waals surface area contributed by atoms with Gasteiger partial charge in [-0.3, -0.25) is 4.57 Å². The number of para-hydroxylation sites is 1. The van der Waals surface area contributed by atoms with Gasteiger partial charge < -0.3 is 0 Å². The Morgan fingerprint density at radius 2 is 1.00 bits per heavy atom. The number of thiophene rings is 1. The Labute approximate surface area is 328 Å². The lowest BCUT2D eigenvalue weighted by atomic mass is 9.85. The highest BCUT2D eigenvalue weighted by Crippen LogP contribution is 2.48. The molecule has 11 aromatic rings. The molecular formula is C53H34N2S. The Bertz CT molecular complexity index is 3340. The fraction of sp³-hybridized carbons (Fsp3) is 0.0377. The van der Waals surface area contributed by atoms with Crippen LogP contribution < -0.4 is 0 Å². The van der Waals surface area contributed by atoms with E-state index in [-0.39, 0.29) is 0 Å². The summed E-state index contributed by atoms with van der Waals surface area (Å²) in [4.78, 5) is 5.19. The van der Waals surface area contributed by atoms with Crippen LogP contribution in [0.5, 0.6) is 0 Å². The third-order valence-electron chi connectivity index (χ3n) is 11.8. The van der Waals surface area contributed by atoms with Crippen LogP contribution in [0.4, 0.5) is 0 Å². The first-order valence-electron chi connectivity index (χ1n) is 19.4. The van der Waals surface area contributed by atoms with Crippen molar-refractivity contribution in [3.8, 4) is 39.3 Å². The van der Waals surface area contributed by atoms with Gasteiger partial charge in [0.05, 0.1) is 11.4 Å². The van der Waals surface area contributed by atoms with E-state index in [0.29, 0.717) is 0 Å². The van der Waals surface area contributed by atoms with Crippen molar-refractivity contribution < 1.29 is 0 Å². The minimum absolute atomic E-state index is 0.985. The standard InChI is InChI=1S/C53H34N2S/c1-2-14-36(15-3-1)55-47-25-13-12-24-46(47)54-53(55)34-28-26-33(27-29-34)49-40-19-7-9-21-42(40)50(43-22-10-8-20-41(43)49)35-30-31-48-45(32-35)51-39-18-6-4-16-37(39)38-17-5-11-23-44(38)52(51)56-48/h1-12,14-24,26-32H,13,25H2. The van der Waals surface area contributed by atoms with E-state index in [4.69, 9.17) is 4.98 Å². The topological polar surface area (TPSA) is 17.8 Å². The van der Waals surface area contributed by atoms with E-state index >= 15 is 0 Å². The average molecular weight is 731 g/mol. The molecule has 0 aliphatic heterocycles. The van der Waals surface area contributed by atoms with Crippen molar-refractivity contribution in [2.24, 2.45) is 0 Å². The first-order valence-corrected chi connectivity index (χ1v) is 20.3. The molecule has 1 aliphatic rings. The smallest absolute Gasteiger partial charge is 0.145 e. The Morgan fingerprint density at radius 3 is 1.68 bits per heavy atom. The highest BCUT2D eigenvalue weighted by atomic mass is 32.1. The quantitative estimate of drug-likeness (QED) is 0.130. The Balaban J connectivity index is 1.06. The van der Waals surface area contributed by atoms with E-state index in [1.54, 1.807) is 0 Å². The van der Waals surface area contributed by atoms with Gasteiger partial charge in [0.2, 0.25) is 0 Å². The summed E-state index contributed by atoms with van der Waals surface area (Å²) in [7, 11) is 0. The number of hydrogen-bond acceptors (Lipinski definition) is 2. The first-order chi connectivity index (χ1) is 27.8. The molecule has 0 unspecified atom stereocenters. The van der Waals surface area contributed by atoms with Crippen molar-refractivity contribution in [2.75, 3.05) is 0 Å².